The molecule has 1 aliphatic rings. The Morgan fingerprint density at radius 3 is 3.07 bits per heavy atom. The first kappa shape index (κ1) is 13.2. The first-order valence-corrected chi connectivity index (χ1v) is 6.78. The van der Waals surface area contributed by atoms with Gasteiger partial charge >= 0.3 is 0 Å². The fourth-order valence-electron chi connectivity index (χ4n) is 2.10. The van der Waals surface area contributed by atoms with Crippen LogP contribution in [0.5, 0.6) is 0 Å². The molecule has 0 amide bonds. The molecule has 0 aliphatic carbocycles. The summed E-state index contributed by atoms with van der Waals surface area (Å²) in [6.07, 6.45) is 6.68. The molecule has 2 unspecified atom stereocenters. The largest absolute Gasteiger partial charge is 0.314 e. The Bertz CT molecular complexity index is 186. The highest BCUT2D eigenvalue weighted by molar-refractivity contribution is 9.11. The van der Waals surface area contributed by atoms with Crippen LogP contribution in [-0.2, 0) is 0 Å². The minimum Gasteiger partial charge on any atom is -0.314 e. The minimum atomic E-state index is 0.565. The van der Waals surface area contributed by atoms with Gasteiger partial charge in [-0.05, 0) is 32.7 Å². The Kier molecular flexibility index (Phi) is 6.53. The molecule has 0 bridgehead atoms. The van der Waals surface area contributed by atoms with Crippen LogP contribution in [0.1, 0.15) is 39.0 Å². The van der Waals surface area contributed by atoms with E-state index in [1.54, 1.807) is 0 Å². The van der Waals surface area contributed by atoms with Crippen LogP contribution < -0.4 is 10.6 Å². The lowest BCUT2D eigenvalue weighted by Crippen LogP contribution is -2.37. The number of rotatable bonds is 5. The number of nitrogens with one attached hydrogen (secondary N) is 2. The summed E-state index contributed by atoms with van der Waals surface area (Å²) in [5, 5.41) is 7.09. The molecule has 0 saturated carbocycles. The van der Waals surface area contributed by atoms with Crippen molar-refractivity contribution < 1.29 is 0 Å². The molecule has 0 aromatic rings. The highest BCUT2D eigenvalue weighted by Gasteiger charge is 2.14. The summed E-state index contributed by atoms with van der Waals surface area (Å²) in [6.45, 7) is 8.15. The normalized spacial score (nSPS) is 24.5. The van der Waals surface area contributed by atoms with Crippen molar-refractivity contribution in [3.63, 3.8) is 0 Å². The van der Waals surface area contributed by atoms with Crippen molar-refractivity contribution in [3.8, 4) is 0 Å². The van der Waals surface area contributed by atoms with Crippen molar-refractivity contribution >= 4 is 15.9 Å². The van der Waals surface area contributed by atoms with Crippen LogP contribution in [0.15, 0.2) is 11.1 Å². The van der Waals surface area contributed by atoms with E-state index in [1.807, 2.05) is 0 Å². The molecule has 1 heterocycles. The molecule has 0 aromatic carbocycles. The van der Waals surface area contributed by atoms with Crippen LogP contribution in [0.2, 0.25) is 0 Å². The molecule has 2 atom stereocenters. The van der Waals surface area contributed by atoms with Gasteiger partial charge < -0.3 is 10.6 Å². The smallest absolute Gasteiger partial charge is 0.0268 e. The predicted octanol–water partition coefficient (Wildman–Crippen LogP) is 2.80. The summed E-state index contributed by atoms with van der Waals surface area (Å²) < 4.78 is 1.03. The summed E-state index contributed by atoms with van der Waals surface area (Å²) in [5.74, 6) is 0. The van der Waals surface area contributed by atoms with Crippen LogP contribution in [0.3, 0.4) is 0 Å². The van der Waals surface area contributed by atoms with E-state index < -0.39 is 0 Å². The van der Waals surface area contributed by atoms with Crippen molar-refractivity contribution in [1.29, 1.82) is 0 Å². The zero-order valence-corrected chi connectivity index (χ0v) is 11.3. The zero-order chi connectivity index (χ0) is 11.1. The molecule has 1 saturated heterocycles. The SMILES string of the molecule is C=C(Br)CNC(C)CC1CCCCCN1. The second kappa shape index (κ2) is 7.42. The highest BCUT2D eigenvalue weighted by atomic mass is 79.9. The van der Waals surface area contributed by atoms with E-state index in [0.29, 0.717) is 12.1 Å². The highest BCUT2D eigenvalue weighted by Crippen LogP contribution is 2.12. The van der Waals surface area contributed by atoms with Gasteiger partial charge in [-0.25, -0.2) is 0 Å². The minimum absolute atomic E-state index is 0.565. The molecule has 0 radical (unpaired) electrons. The maximum absolute atomic E-state index is 3.83. The Labute approximate surface area is 102 Å². The molecule has 1 aliphatic heterocycles. The van der Waals surface area contributed by atoms with E-state index in [0.717, 1.165) is 11.0 Å². The van der Waals surface area contributed by atoms with Gasteiger partial charge in [-0.2, -0.15) is 0 Å². The third kappa shape index (κ3) is 6.33. The standard InChI is InChI=1S/C12H23BrN2/c1-10(13)9-15-11(2)8-12-6-4-3-5-7-14-12/h11-12,14-15H,1,3-9H2,2H3. The molecule has 2 nitrogen and oxygen atoms in total. The summed E-state index contributed by atoms with van der Waals surface area (Å²) >= 11 is 3.37. The first-order valence-electron chi connectivity index (χ1n) is 5.98. The molecule has 2 N–H and O–H groups in total. The number of hydrogen-bond donors (Lipinski definition) is 2. The Hall–Kier alpha value is 0.140. The first-order chi connectivity index (χ1) is 7.18. The van der Waals surface area contributed by atoms with Crippen LogP contribution in [0, 0.1) is 0 Å². The lowest BCUT2D eigenvalue weighted by molar-refractivity contribution is 0.411. The van der Waals surface area contributed by atoms with Crippen LogP contribution in [-0.4, -0.2) is 25.2 Å². The lowest BCUT2D eigenvalue weighted by Gasteiger charge is -2.21. The number of halogens is 1. The molecule has 88 valence electrons. The van der Waals surface area contributed by atoms with Gasteiger partial charge in [0.1, 0.15) is 0 Å². The lowest BCUT2D eigenvalue weighted by atomic mass is 10.0. The van der Waals surface area contributed by atoms with Gasteiger partial charge in [0.2, 0.25) is 0 Å². The summed E-state index contributed by atoms with van der Waals surface area (Å²) in [7, 11) is 0. The van der Waals surface area contributed by atoms with Gasteiger partial charge in [-0.15, -0.1) is 0 Å². The summed E-state index contributed by atoms with van der Waals surface area (Å²) in [6, 6.07) is 1.27. The second-order valence-corrected chi connectivity index (χ2v) is 5.66. The van der Waals surface area contributed by atoms with Gasteiger partial charge in [0.05, 0.1) is 0 Å². The fourth-order valence-corrected chi connectivity index (χ4v) is 2.26. The fraction of sp³-hybridized carbons (Fsp3) is 0.833. The maximum Gasteiger partial charge on any atom is 0.0268 e. The van der Waals surface area contributed by atoms with Gasteiger partial charge in [0.25, 0.3) is 0 Å². The van der Waals surface area contributed by atoms with Crippen LogP contribution >= 0.6 is 15.9 Å². The third-order valence-corrected chi connectivity index (χ3v) is 3.22. The summed E-state index contributed by atoms with van der Waals surface area (Å²) in [4.78, 5) is 0. The molecule has 3 heteroatoms. The predicted molar refractivity (Wildman–Crippen MR) is 70.4 cm³/mol. The van der Waals surface area contributed by atoms with E-state index in [4.69, 9.17) is 0 Å². The van der Waals surface area contributed by atoms with Crippen LogP contribution in [0.25, 0.3) is 0 Å². The van der Waals surface area contributed by atoms with Gasteiger partial charge in [0.15, 0.2) is 0 Å². The van der Waals surface area contributed by atoms with E-state index >= 15 is 0 Å². The van der Waals surface area contributed by atoms with E-state index in [1.165, 1.54) is 38.6 Å². The number of hydrogen-bond acceptors (Lipinski definition) is 2. The molecule has 1 rings (SSSR count). The quantitative estimate of drug-likeness (QED) is 0.806. The van der Waals surface area contributed by atoms with Crippen molar-refractivity contribution in [2.45, 2.75) is 51.1 Å². The van der Waals surface area contributed by atoms with Gasteiger partial charge in [-0.3, -0.25) is 0 Å². The monoisotopic (exact) mass is 274 g/mol. The Balaban J connectivity index is 2.17. The molecule has 1 fully saturated rings. The van der Waals surface area contributed by atoms with Crippen molar-refractivity contribution in [1.82, 2.24) is 10.6 Å². The summed E-state index contributed by atoms with van der Waals surface area (Å²) in [5.41, 5.74) is 0. The second-order valence-electron chi connectivity index (χ2n) is 4.54. The average Bonchev–Trinajstić information content (AvgIpc) is 2.43. The Morgan fingerprint density at radius 1 is 1.53 bits per heavy atom. The van der Waals surface area contributed by atoms with E-state index in [9.17, 15) is 0 Å². The van der Waals surface area contributed by atoms with Crippen molar-refractivity contribution in [2.75, 3.05) is 13.1 Å². The van der Waals surface area contributed by atoms with Crippen LogP contribution in [0.4, 0.5) is 0 Å². The molecule has 15 heavy (non-hydrogen) atoms. The maximum atomic E-state index is 3.83. The molecule has 0 spiro atoms. The topological polar surface area (TPSA) is 24.1 Å². The van der Waals surface area contributed by atoms with E-state index in [-0.39, 0.29) is 0 Å². The molecular weight excluding hydrogens is 252 g/mol. The van der Waals surface area contributed by atoms with Gasteiger partial charge in [0, 0.05) is 23.1 Å². The van der Waals surface area contributed by atoms with Gasteiger partial charge in [-0.1, -0.05) is 35.4 Å². The third-order valence-electron chi connectivity index (χ3n) is 2.94. The zero-order valence-electron chi connectivity index (χ0n) is 9.69. The average molecular weight is 275 g/mol. The Morgan fingerprint density at radius 2 is 2.33 bits per heavy atom. The van der Waals surface area contributed by atoms with Crippen molar-refractivity contribution in [2.24, 2.45) is 0 Å². The molecular formula is C12H23BrN2. The van der Waals surface area contributed by atoms with E-state index in [2.05, 4.69) is 40.1 Å². The molecule has 0 aromatic heterocycles. The van der Waals surface area contributed by atoms with Crippen molar-refractivity contribution in [3.05, 3.63) is 11.1 Å².